The van der Waals surface area contributed by atoms with Crippen LogP contribution in [0.5, 0.6) is 0 Å². The van der Waals surface area contributed by atoms with Crippen molar-refractivity contribution in [2.24, 2.45) is 0 Å². The van der Waals surface area contributed by atoms with Crippen molar-refractivity contribution in [1.29, 1.82) is 0 Å². The zero-order chi connectivity index (χ0) is 23.9. The second-order valence-electron chi connectivity index (χ2n) is 7.81. The normalized spacial score (nSPS) is 14.7. The molecule has 4 rings (SSSR count). The highest BCUT2D eigenvalue weighted by Gasteiger charge is 2.43. The molecule has 1 amide bonds. The fourth-order valence-corrected chi connectivity index (χ4v) is 4.52. The van der Waals surface area contributed by atoms with E-state index in [0.717, 1.165) is 17.5 Å². The molecule has 1 aliphatic carbocycles. The standard InChI is InChI=1S/C23H18BrClF3N3O2/c1-12(31-19(13-7-8-13)18(24)21(30-31)23(26,27)28)22(33)29-17-10-9-15(25)11-16(17)20(32)14-5-3-2-4-6-14/h2-6,9-13H,7-8H2,1H3,(H,29,33). The van der Waals surface area contributed by atoms with Crippen LogP contribution in [0.3, 0.4) is 0 Å². The van der Waals surface area contributed by atoms with Gasteiger partial charge in [-0.05, 0) is 53.9 Å². The quantitative estimate of drug-likeness (QED) is 0.357. The lowest BCUT2D eigenvalue weighted by molar-refractivity contribution is -0.142. The maximum absolute atomic E-state index is 13.4. The number of ketones is 1. The van der Waals surface area contributed by atoms with E-state index in [2.05, 4.69) is 26.3 Å². The predicted octanol–water partition coefficient (Wildman–Crippen LogP) is 6.63. The van der Waals surface area contributed by atoms with Gasteiger partial charge in [-0.3, -0.25) is 14.3 Å². The van der Waals surface area contributed by atoms with Crippen molar-refractivity contribution in [3.05, 3.63) is 80.5 Å². The number of nitrogens with zero attached hydrogens (tertiary/aromatic N) is 2. The first kappa shape index (κ1) is 23.5. The third-order valence-electron chi connectivity index (χ3n) is 5.39. The Kier molecular flexibility index (Phi) is 6.37. The van der Waals surface area contributed by atoms with Crippen molar-refractivity contribution in [2.75, 3.05) is 5.32 Å². The summed E-state index contributed by atoms with van der Waals surface area (Å²) in [5.41, 5.74) is 0.0805. The second-order valence-corrected chi connectivity index (χ2v) is 9.04. The summed E-state index contributed by atoms with van der Waals surface area (Å²) in [6.45, 7) is 1.47. The molecule has 0 aliphatic heterocycles. The molecule has 1 aromatic heterocycles. The number of amides is 1. The molecule has 0 saturated heterocycles. The smallest absolute Gasteiger partial charge is 0.324 e. The zero-order valence-corrected chi connectivity index (χ0v) is 19.6. The number of nitrogens with one attached hydrogen (secondary N) is 1. The molecule has 10 heteroatoms. The monoisotopic (exact) mass is 539 g/mol. The van der Waals surface area contributed by atoms with Gasteiger partial charge < -0.3 is 5.32 Å². The highest BCUT2D eigenvalue weighted by Crippen LogP contribution is 2.47. The molecule has 1 N–H and O–H groups in total. The number of hydrogen-bond donors (Lipinski definition) is 1. The Morgan fingerprint density at radius 3 is 2.45 bits per heavy atom. The number of alkyl halides is 3. The molecule has 5 nitrogen and oxygen atoms in total. The highest BCUT2D eigenvalue weighted by atomic mass is 79.9. The summed E-state index contributed by atoms with van der Waals surface area (Å²) < 4.78 is 41.2. The van der Waals surface area contributed by atoms with Crippen LogP contribution in [-0.4, -0.2) is 21.5 Å². The average Bonchev–Trinajstić information content (AvgIpc) is 3.55. The van der Waals surface area contributed by atoms with Crippen molar-refractivity contribution < 1.29 is 22.8 Å². The molecule has 3 aromatic rings. The fourth-order valence-electron chi connectivity index (χ4n) is 3.53. The van der Waals surface area contributed by atoms with Gasteiger partial charge in [0.15, 0.2) is 11.5 Å². The summed E-state index contributed by atoms with van der Waals surface area (Å²) >= 11 is 9.11. The molecule has 2 aromatic carbocycles. The summed E-state index contributed by atoms with van der Waals surface area (Å²) in [4.78, 5) is 26.1. The summed E-state index contributed by atoms with van der Waals surface area (Å²) in [7, 11) is 0. The molecule has 33 heavy (non-hydrogen) atoms. The van der Waals surface area contributed by atoms with Crippen LogP contribution >= 0.6 is 27.5 Å². The van der Waals surface area contributed by atoms with E-state index in [1.165, 1.54) is 25.1 Å². The minimum absolute atomic E-state index is 0.0935. The molecule has 1 unspecified atom stereocenters. The van der Waals surface area contributed by atoms with Crippen molar-refractivity contribution >= 4 is 44.9 Å². The first-order valence-corrected chi connectivity index (χ1v) is 11.3. The first-order valence-electron chi connectivity index (χ1n) is 10.1. The molecule has 172 valence electrons. The molecule has 0 bridgehead atoms. The van der Waals surface area contributed by atoms with Crippen LogP contribution in [0.1, 0.15) is 59.0 Å². The van der Waals surface area contributed by atoms with Crippen molar-refractivity contribution in [2.45, 2.75) is 37.9 Å². The SMILES string of the molecule is CC(C(=O)Nc1ccc(Cl)cc1C(=O)c1ccccc1)n1nc(C(F)(F)F)c(Br)c1C1CC1. The number of rotatable bonds is 6. The van der Waals surface area contributed by atoms with E-state index in [1.807, 2.05) is 0 Å². The summed E-state index contributed by atoms with van der Waals surface area (Å²) in [5, 5.41) is 6.69. The van der Waals surface area contributed by atoms with E-state index in [4.69, 9.17) is 11.6 Å². The predicted molar refractivity (Wildman–Crippen MR) is 122 cm³/mol. The molecule has 1 fully saturated rings. The number of benzene rings is 2. The van der Waals surface area contributed by atoms with E-state index < -0.39 is 23.8 Å². The number of carbonyl (C=O) groups excluding carboxylic acids is 2. The number of aromatic nitrogens is 2. The number of hydrogen-bond acceptors (Lipinski definition) is 3. The van der Waals surface area contributed by atoms with Gasteiger partial charge in [-0.2, -0.15) is 18.3 Å². The molecule has 0 spiro atoms. The van der Waals surface area contributed by atoms with Gasteiger partial charge >= 0.3 is 6.18 Å². The minimum Gasteiger partial charge on any atom is -0.324 e. The third-order valence-corrected chi connectivity index (χ3v) is 6.40. The summed E-state index contributed by atoms with van der Waals surface area (Å²) in [5.74, 6) is -1.05. The Morgan fingerprint density at radius 2 is 1.85 bits per heavy atom. The Morgan fingerprint density at radius 1 is 1.18 bits per heavy atom. The second kappa shape index (κ2) is 8.95. The molecule has 1 heterocycles. The third kappa shape index (κ3) is 4.84. The van der Waals surface area contributed by atoms with Gasteiger partial charge in [-0.15, -0.1) is 0 Å². The molecule has 1 atom stereocenters. The Labute approximate surface area is 201 Å². The lowest BCUT2D eigenvalue weighted by Crippen LogP contribution is -2.27. The van der Waals surface area contributed by atoms with Crippen LogP contribution in [0, 0.1) is 0 Å². The van der Waals surface area contributed by atoms with E-state index in [0.29, 0.717) is 16.3 Å². The Hall–Kier alpha value is -2.65. The van der Waals surface area contributed by atoms with Gasteiger partial charge in [0.2, 0.25) is 5.91 Å². The van der Waals surface area contributed by atoms with E-state index >= 15 is 0 Å². The number of halogens is 5. The average molecular weight is 541 g/mol. The summed E-state index contributed by atoms with van der Waals surface area (Å²) in [6, 6.07) is 11.9. The zero-order valence-electron chi connectivity index (χ0n) is 17.3. The Balaban J connectivity index is 1.66. The molecule has 0 radical (unpaired) electrons. The van der Waals surface area contributed by atoms with E-state index in [9.17, 15) is 22.8 Å². The number of anilines is 1. The van der Waals surface area contributed by atoms with Gasteiger partial charge in [0.1, 0.15) is 6.04 Å². The van der Waals surface area contributed by atoms with Gasteiger partial charge in [0.25, 0.3) is 0 Å². The molecular formula is C23H18BrClF3N3O2. The molecule has 1 saturated carbocycles. The van der Waals surface area contributed by atoms with Gasteiger partial charge in [-0.25, -0.2) is 0 Å². The lowest BCUT2D eigenvalue weighted by atomic mass is 10.0. The van der Waals surface area contributed by atoms with Crippen LogP contribution < -0.4 is 5.32 Å². The van der Waals surface area contributed by atoms with Crippen molar-refractivity contribution in [1.82, 2.24) is 9.78 Å². The minimum atomic E-state index is -4.66. The van der Waals surface area contributed by atoms with Crippen LogP contribution in [0.2, 0.25) is 5.02 Å². The summed E-state index contributed by atoms with van der Waals surface area (Å²) in [6.07, 6.45) is -3.21. The van der Waals surface area contributed by atoms with Gasteiger partial charge in [0.05, 0.1) is 15.9 Å². The van der Waals surface area contributed by atoms with Crippen LogP contribution in [0.4, 0.5) is 18.9 Å². The van der Waals surface area contributed by atoms with Crippen LogP contribution in [-0.2, 0) is 11.0 Å². The topological polar surface area (TPSA) is 64.0 Å². The van der Waals surface area contributed by atoms with Gasteiger partial charge in [-0.1, -0.05) is 41.9 Å². The molecular weight excluding hydrogens is 523 g/mol. The maximum atomic E-state index is 13.4. The highest BCUT2D eigenvalue weighted by molar-refractivity contribution is 9.10. The number of carbonyl (C=O) groups is 2. The fraction of sp³-hybridized carbons (Fsp3) is 0.261. The van der Waals surface area contributed by atoms with Gasteiger partial charge in [0, 0.05) is 22.1 Å². The maximum Gasteiger partial charge on any atom is 0.436 e. The van der Waals surface area contributed by atoms with Crippen molar-refractivity contribution in [3.63, 3.8) is 0 Å². The van der Waals surface area contributed by atoms with E-state index in [-0.39, 0.29) is 27.4 Å². The van der Waals surface area contributed by atoms with E-state index in [1.54, 1.807) is 30.3 Å². The van der Waals surface area contributed by atoms with Crippen molar-refractivity contribution in [3.8, 4) is 0 Å². The van der Waals surface area contributed by atoms with Crippen LogP contribution in [0.25, 0.3) is 0 Å². The largest absolute Gasteiger partial charge is 0.436 e. The van der Waals surface area contributed by atoms with Crippen LogP contribution in [0.15, 0.2) is 53.0 Å². The Bertz CT molecular complexity index is 1220. The lowest BCUT2D eigenvalue weighted by Gasteiger charge is -2.17. The molecule has 1 aliphatic rings. The first-order chi connectivity index (χ1) is 15.6.